The number of rotatable bonds is 13. The molecule has 2 aliphatic heterocycles. The van der Waals surface area contributed by atoms with Crippen molar-refractivity contribution in [3.05, 3.63) is 0 Å². The summed E-state index contributed by atoms with van der Waals surface area (Å²) < 4.78 is 6.04. The molecule has 0 saturated carbocycles. The molecule has 0 aromatic heterocycles. The van der Waals surface area contributed by atoms with Gasteiger partial charge in [0.1, 0.15) is 0 Å². The molecule has 7 nitrogen and oxygen atoms in total. The van der Waals surface area contributed by atoms with E-state index in [4.69, 9.17) is 4.74 Å². The topological polar surface area (TPSA) is 97.8 Å². The second-order valence-corrected chi connectivity index (χ2v) is 7.62. The van der Waals surface area contributed by atoms with Gasteiger partial charge in [-0.2, -0.15) is 0 Å². The standard InChI is InChI=1S/C19H40N4O3/c1-2-3-4-5-6-7-8-9-10-11-16-26-19(22-14-15-23-19)18(25)17(24)20-12-13-21-18/h17,20-25H,2-16H2,1H3. The van der Waals surface area contributed by atoms with E-state index < -0.39 is 17.8 Å². The average Bonchev–Trinajstić information content (AvgIpc) is 3.13. The fraction of sp³-hybridized carbons (Fsp3) is 1.00. The van der Waals surface area contributed by atoms with Crippen LogP contribution in [0.2, 0.25) is 0 Å². The highest BCUT2D eigenvalue weighted by Gasteiger charge is 2.58. The number of aliphatic hydroxyl groups is 2. The highest BCUT2D eigenvalue weighted by molar-refractivity contribution is 5.04. The Kier molecular flexibility index (Phi) is 9.77. The Morgan fingerprint density at radius 1 is 0.808 bits per heavy atom. The molecule has 0 amide bonds. The molecule has 2 saturated heterocycles. The molecule has 154 valence electrons. The van der Waals surface area contributed by atoms with Crippen molar-refractivity contribution in [1.82, 2.24) is 21.3 Å². The van der Waals surface area contributed by atoms with Crippen LogP contribution in [0.25, 0.3) is 0 Å². The molecular formula is C19H40N4O3. The van der Waals surface area contributed by atoms with E-state index in [2.05, 4.69) is 28.2 Å². The zero-order valence-corrected chi connectivity index (χ0v) is 16.5. The number of nitrogens with one attached hydrogen (secondary N) is 4. The summed E-state index contributed by atoms with van der Waals surface area (Å²) in [5.41, 5.74) is -1.60. The van der Waals surface area contributed by atoms with Gasteiger partial charge in [0.2, 0.25) is 11.6 Å². The number of aliphatic hydroxyl groups excluding tert-OH is 1. The molecule has 26 heavy (non-hydrogen) atoms. The second kappa shape index (κ2) is 11.5. The van der Waals surface area contributed by atoms with E-state index in [1.165, 1.54) is 51.4 Å². The van der Waals surface area contributed by atoms with Crippen molar-refractivity contribution >= 4 is 0 Å². The van der Waals surface area contributed by atoms with E-state index in [-0.39, 0.29) is 0 Å². The first-order chi connectivity index (χ1) is 12.6. The van der Waals surface area contributed by atoms with Gasteiger partial charge in [-0.25, -0.2) is 0 Å². The Bertz CT molecular complexity index is 380. The molecule has 2 aliphatic rings. The van der Waals surface area contributed by atoms with Crippen molar-refractivity contribution in [3.63, 3.8) is 0 Å². The molecule has 0 spiro atoms. The van der Waals surface area contributed by atoms with Crippen molar-refractivity contribution < 1.29 is 14.9 Å². The van der Waals surface area contributed by atoms with Crippen LogP contribution in [0.4, 0.5) is 0 Å². The number of hydrogen-bond acceptors (Lipinski definition) is 7. The van der Waals surface area contributed by atoms with Gasteiger partial charge in [-0.05, 0) is 6.42 Å². The monoisotopic (exact) mass is 372 g/mol. The molecule has 6 N–H and O–H groups in total. The lowest BCUT2D eigenvalue weighted by Crippen LogP contribution is -2.82. The molecule has 0 aliphatic carbocycles. The van der Waals surface area contributed by atoms with Gasteiger partial charge in [0.25, 0.3) is 0 Å². The summed E-state index contributed by atoms with van der Waals surface area (Å²) in [7, 11) is 0. The molecule has 2 unspecified atom stereocenters. The Labute approximate surface area is 158 Å². The van der Waals surface area contributed by atoms with Crippen LogP contribution in [0.3, 0.4) is 0 Å². The Morgan fingerprint density at radius 2 is 1.35 bits per heavy atom. The summed E-state index contributed by atoms with van der Waals surface area (Å²) in [5.74, 6) is -1.15. The molecule has 0 aromatic carbocycles. The lowest BCUT2D eigenvalue weighted by molar-refractivity contribution is -0.269. The minimum atomic E-state index is -1.60. The van der Waals surface area contributed by atoms with Gasteiger partial charge in [-0.3, -0.25) is 21.3 Å². The summed E-state index contributed by atoms with van der Waals surface area (Å²) in [6.45, 7) is 5.36. The average molecular weight is 373 g/mol. The minimum Gasteiger partial charge on any atom is -0.374 e. The predicted molar refractivity (Wildman–Crippen MR) is 103 cm³/mol. The van der Waals surface area contributed by atoms with Crippen molar-refractivity contribution in [3.8, 4) is 0 Å². The van der Waals surface area contributed by atoms with E-state index in [9.17, 15) is 10.2 Å². The zero-order valence-electron chi connectivity index (χ0n) is 16.5. The van der Waals surface area contributed by atoms with Crippen LogP contribution in [0.15, 0.2) is 0 Å². The summed E-state index contributed by atoms with van der Waals surface area (Å²) in [4.78, 5) is 0. The minimum absolute atomic E-state index is 0.549. The maximum atomic E-state index is 11.0. The summed E-state index contributed by atoms with van der Waals surface area (Å²) in [5, 5.41) is 33.5. The van der Waals surface area contributed by atoms with Crippen LogP contribution in [0, 0.1) is 0 Å². The first kappa shape index (κ1) is 22.0. The third-order valence-corrected chi connectivity index (χ3v) is 5.48. The van der Waals surface area contributed by atoms with Crippen LogP contribution in [0.5, 0.6) is 0 Å². The van der Waals surface area contributed by atoms with Crippen LogP contribution >= 0.6 is 0 Å². The fourth-order valence-electron chi connectivity index (χ4n) is 3.86. The second-order valence-electron chi connectivity index (χ2n) is 7.62. The first-order valence-corrected chi connectivity index (χ1v) is 10.7. The maximum Gasteiger partial charge on any atom is 0.223 e. The molecule has 2 heterocycles. The van der Waals surface area contributed by atoms with Crippen molar-refractivity contribution in [1.29, 1.82) is 0 Å². The Morgan fingerprint density at radius 3 is 1.92 bits per heavy atom. The summed E-state index contributed by atoms with van der Waals surface area (Å²) >= 11 is 0. The molecule has 0 radical (unpaired) electrons. The van der Waals surface area contributed by atoms with E-state index in [0.717, 1.165) is 12.8 Å². The van der Waals surface area contributed by atoms with E-state index in [1.807, 2.05) is 0 Å². The third-order valence-electron chi connectivity index (χ3n) is 5.48. The number of piperazine rings is 1. The smallest absolute Gasteiger partial charge is 0.223 e. The molecule has 2 fully saturated rings. The molecule has 7 heteroatoms. The Balaban J connectivity index is 1.62. The number of hydrogen-bond donors (Lipinski definition) is 6. The first-order valence-electron chi connectivity index (χ1n) is 10.7. The summed E-state index contributed by atoms with van der Waals surface area (Å²) in [6, 6.07) is 0. The van der Waals surface area contributed by atoms with Gasteiger partial charge in [-0.15, -0.1) is 0 Å². The van der Waals surface area contributed by atoms with Gasteiger partial charge in [0.05, 0.1) is 6.61 Å². The van der Waals surface area contributed by atoms with Crippen molar-refractivity contribution in [2.24, 2.45) is 0 Å². The van der Waals surface area contributed by atoms with Gasteiger partial charge >= 0.3 is 0 Å². The van der Waals surface area contributed by atoms with Crippen LogP contribution in [-0.2, 0) is 4.74 Å². The summed E-state index contributed by atoms with van der Waals surface area (Å²) in [6.07, 6.45) is 11.6. The van der Waals surface area contributed by atoms with Crippen molar-refractivity contribution in [2.45, 2.75) is 88.9 Å². The lowest BCUT2D eigenvalue weighted by atomic mass is 10.0. The quantitative estimate of drug-likeness (QED) is 0.268. The van der Waals surface area contributed by atoms with Crippen LogP contribution < -0.4 is 21.3 Å². The van der Waals surface area contributed by atoms with E-state index >= 15 is 0 Å². The van der Waals surface area contributed by atoms with Gasteiger partial charge in [0.15, 0.2) is 6.23 Å². The van der Waals surface area contributed by atoms with Crippen LogP contribution in [0.1, 0.15) is 71.1 Å². The molecular weight excluding hydrogens is 332 g/mol. The predicted octanol–water partition coefficient (Wildman–Crippen LogP) is 0.970. The largest absolute Gasteiger partial charge is 0.374 e. The zero-order chi connectivity index (χ0) is 18.7. The fourth-order valence-corrected chi connectivity index (χ4v) is 3.86. The maximum absolute atomic E-state index is 11.0. The van der Waals surface area contributed by atoms with Gasteiger partial charge in [-0.1, -0.05) is 64.7 Å². The van der Waals surface area contributed by atoms with E-state index in [1.54, 1.807) is 0 Å². The normalized spacial score (nSPS) is 28.5. The number of ether oxygens (including phenoxy) is 1. The lowest BCUT2D eigenvalue weighted by Gasteiger charge is -2.49. The third kappa shape index (κ3) is 5.86. The highest BCUT2D eigenvalue weighted by atomic mass is 16.6. The van der Waals surface area contributed by atoms with Gasteiger partial charge in [0, 0.05) is 26.2 Å². The van der Waals surface area contributed by atoms with Gasteiger partial charge < -0.3 is 14.9 Å². The molecule has 0 bridgehead atoms. The molecule has 2 atom stereocenters. The Hall–Kier alpha value is -0.280. The molecule has 0 aromatic rings. The van der Waals surface area contributed by atoms with Crippen LogP contribution in [-0.4, -0.2) is 60.8 Å². The number of unbranched alkanes of at least 4 members (excludes halogenated alkanes) is 9. The van der Waals surface area contributed by atoms with E-state index in [0.29, 0.717) is 32.8 Å². The molecule has 2 rings (SSSR count). The SMILES string of the molecule is CCCCCCCCCCCCOC1(C2(O)NCCNC2O)NCCN1. The van der Waals surface area contributed by atoms with Crippen molar-refractivity contribution in [2.75, 3.05) is 32.8 Å². The highest BCUT2D eigenvalue weighted by Crippen LogP contribution is 2.26.